The van der Waals surface area contributed by atoms with E-state index in [-0.39, 0.29) is 12.1 Å². The molecule has 1 amide bonds. The van der Waals surface area contributed by atoms with Crippen molar-refractivity contribution in [3.05, 3.63) is 52.8 Å². The van der Waals surface area contributed by atoms with Gasteiger partial charge in [-0.2, -0.15) is 0 Å². The summed E-state index contributed by atoms with van der Waals surface area (Å²) < 4.78 is 1.94. The van der Waals surface area contributed by atoms with Gasteiger partial charge in [0.1, 0.15) is 6.17 Å². The first kappa shape index (κ1) is 11.2. The number of nitrogens with zero attached hydrogens (tertiary/aromatic N) is 1. The molecule has 18 heavy (non-hydrogen) atoms. The minimum atomic E-state index is -0.218. The second-order valence-corrected chi connectivity index (χ2v) is 4.79. The molecule has 1 aliphatic rings. The van der Waals surface area contributed by atoms with Gasteiger partial charge in [0.25, 0.3) is 5.91 Å². The van der Waals surface area contributed by atoms with E-state index in [2.05, 4.69) is 10.6 Å². The van der Waals surface area contributed by atoms with Gasteiger partial charge in [0.05, 0.1) is 11.3 Å². The molecule has 2 aromatic rings. The summed E-state index contributed by atoms with van der Waals surface area (Å²) in [4.78, 5) is 12.0. The first-order chi connectivity index (χ1) is 8.63. The third kappa shape index (κ3) is 1.84. The van der Waals surface area contributed by atoms with Gasteiger partial charge in [-0.1, -0.05) is 11.6 Å². The quantitative estimate of drug-likeness (QED) is 0.829. The lowest BCUT2D eigenvalue weighted by atomic mass is 10.1. The first-order valence-corrected chi connectivity index (χ1v) is 6.00. The van der Waals surface area contributed by atoms with E-state index in [9.17, 15) is 4.79 Å². The summed E-state index contributed by atoms with van der Waals surface area (Å²) in [6, 6.07) is 7.17. The van der Waals surface area contributed by atoms with E-state index in [0.717, 1.165) is 11.3 Å². The van der Waals surface area contributed by atoms with Crippen LogP contribution in [0.3, 0.4) is 0 Å². The van der Waals surface area contributed by atoms with Crippen LogP contribution in [0.25, 0.3) is 0 Å². The van der Waals surface area contributed by atoms with Crippen molar-refractivity contribution < 1.29 is 4.79 Å². The normalized spacial score (nSPS) is 17.9. The molecule has 1 atom stereocenters. The molecule has 1 aromatic heterocycles. The van der Waals surface area contributed by atoms with Gasteiger partial charge in [-0.05, 0) is 24.3 Å². The van der Waals surface area contributed by atoms with E-state index in [1.807, 2.05) is 30.1 Å². The highest BCUT2D eigenvalue weighted by Gasteiger charge is 2.24. The molecule has 3 rings (SSSR count). The van der Waals surface area contributed by atoms with E-state index in [0.29, 0.717) is 10.6 Å². The number of carbonyl (C=O) groups excluding carboxylic acids is 1. The molecule has 1 aromatic carbocycles. The molecule has 0 spiro atoms. The van der Waals surface area contributed by atoms with Crippen molar-refractivity contribution in [1.29, 1.82) is 0 Å². The third-order valence-electron chi connectivity index (χ3n) is 2.99. The largest absolute Gasteiger partial charge is 0.361 e. The maximum atomic E-state index is 12.0. The number of halogens is 1. The lowest BCUT2D eigenvalue weighted by molar-refractivity contribution is 0.0935. The minimum Gasteiger partial charge on any atom is -0.361 e. The third-order valence-corrected chi connectivity index (χ3v) is 3.22. The highest BCUT2D eigenvalue weighted by molar-refractivity contribution is 6.31. The Bertz CT molecular complexity index is 620. The predicted octanol–water partition coefficient (Wildman–Crippen LogP) is 2.53. The van der Waals surface area contributed by atoms with Gasteiger partial charge >= 0.3 is 0 Å². The molecule has 0 fully saturated rings. The number of fused-ring (bicyclic) bond motifs is 1. The Morgan fingerprint density at radius 3 is 2.83 bits per heavy atom. The van der Waals surface area contributed by atoms with E-state index in [1.54, 1.807) is 18.2 Å². The predicted molar refractivity (Wildman–Crippen MR) is 70.7 cm³/mol. The Kier molecular flexibility index (Phi) is 2.52. The maximum absolute atomic E-state index is 12.0. The number of nitrogens with one attached hydrogen (secondary N) is 2. The fourth-order valence-electron chi connectivity index (χ4n) is 2.10. The van der Waals surface area contributed by atoms with Crippen molar-refractivity contribution in [3.63, 3.8) is 0 Å². The molecule has 1 unspecified atom stereocenters. The summed E-state index contributed by atoms with van der Waals surface area (Å²) in [7, 11) is 1.94. The van der Waals surface area contributed by atoms with Gasteiger partial charge in [0, 0.05) is 30.0 Å². The Labute approximate surface area is 110 Å². The van der Waals surface area contributed by atoms with Gasteiger partial charge in [-0.3, -0.25) is 4.79 Å². The zero-order chi connectivity index (χ0) is 12.7. The fraction of sp³-hybridized carbons (Fsp3) is 0.154. The summed E-state index contributed by atoms with van der Waals surface area (Å²) in [6.07, 6.45) is 3.69. The van der Waals surface area contributed by atoms with Gasteiger partial charge in [0.2, 0.25) is 0 Å². The van der Waals surface area contributed by atoms with Crippen LogP contribution in [0.15, 0.2) is 36.7 Å². The number of aryl methyl sites for hydroxylation is 1. The van der Waals surface area contributed by atoms with Crippen LogP contribution in [0.1, 0.15) is 22.1 Å². The standard InChI is InChI=1S/C13H12ClN3O/c1-17-5-4-8(7-17)12-15-11-6-9(14)2-3-10(11)13(18)16-12/h2-7,12,15H,1H3,(H,16,18). The Morgan fingerprint density at radius 1 is 1.28 bits per heavy atom. The first-order valence-electron chi connectivity index (χ1n) is 5.62. The number of aromatic nitrogens is 1. The molecule has 0 saturated heterocycles. The van der Waals surface area contributed by atoms with Crippen LogP contribution >= 0.6 is 11.6 Å². The van der Waals surface area contributed by atoms with Crippen LogP contribution in [-0.4, -0.2) is 10.5 Å². The number of amides is 1. The molecule has 4 nitrogen and oxygen atoms in total. The molecule has 0 saturated carbocycles. The Balaban J connectivity index is 1.98. The molecule has 2 N–H and O–H groups in total. The summed E-state index contributed by atoms with van der Waals surface area (Å²) in [5, 5.41) is 6.80. The molecule has 5 heteroatoms. The minimum absolute atomic E-state index is 0.0886. The van der Waals surface area contributed by atoms with Crippen LogP contribution in [0, 0.1) is 0 Å². The zero-order valence-corrected chi connectivity index (χ0v) is 10.5. The summed E-state index contributed by atoms with van der Waals surface area (Å²) >= 11 is 5.95. The van der Waals surface area contributed by atoms with Gasteiger partial charge in [-0.25, -0.2) is 0 Å². The summed E-state index contributed by atoms with van der Waals surface area (Å²) in [5.41, 5.74) is 2.39. The number of rotatable bonds is 1. The number of carbonyl (C=O) groups is 1. The molecule has 0 bridgehead atoms. The monoisotopic (exact) mass is 261 g/mol. The van der Waals surface area contributed by atoms with Crippen molar-refractivity contribution in [2.75, 3.05) is 5.32 Å². The van der Waals surface area contributed by atoms with E-state index >= 15 is 0 Å². The lowest BCUT2D eigenvalue weighted by Gasteiger charge is -2.27. The molecule has 1 aliphatic heterocycles. The van der Waals surface area contributed by atoms with Crippen molar-refractivity contribution in [3.8, 4) is 0 Å². The SMILES string of the molecule is Cn1ccc(C2NC(=O)c3ccc(Cl)cc3N2)c1. The summed E-state index contributed by atoms with van der Waals surface area (Å²) in [6.45, 7) is 0. The Morgan fingerprint density at radius 2 is 2.11 bits per heavy atom. The highest BCUT2D eigenvalue weighted by Crippen LogP contribution is 2.28. The number of benzene rings is 1. The van der Waals surface area contributed by atoms with Crippen molar-refractivity contribution in [1.82, 2.24) is 9.88 Å². The second-order valence-electron chi connectivity index (χ2n) is 4.35. The maximum Gasteiger partial charge on any atom is 0.255 e. The molecule has 92 valence electrons. The zero-order valence-electron chi connectivity index (χ0n) is 9.77. The molecular weight excluding hydrogens is 250 g/mol. The smallest absolute Gasteiger partial charge is 0.255 e. The topological polar surface area (TPSA) is 46.1 Å². The molecular formula is C13H12ClN3O. The van der Waals surface area contributed by atoms with Crippen LogP contribution in [0.4, 0.5) is 5.69 Å². The van der Waals surface area contributed by atoms with Crippen molar-refractivity contribution >= 4 is 23.2 Å². The fourth-order valence-corrected chi connectivity index (χ4v) is 2.27. The van der Waals surface area contributed by atoms with Crippen molar-refractivity contribution in [2.24, 2.45) is 7.05 Å². The van der Waals surface area contributed by atoms with Gasteiger partial charge in [0.15, 0.2) is 0 Å². The second kappa shape index (κ2) is 4.07. The highest BCUT2D eigenvalue weighted by atomic mass is 35.5. The van der Waals surface area contributed by atoms with Crippen LogP contribution in [-0.2, 0) is 7.05 Å². The van der Waals surface area contributed by atoms with E-state index in [4.69, 9.17) is 11.6 Å². The Hall–Kier alpha value is -1.94. The molecule has 2 heterocycles. The van der Waals surface area contributed by atoms with Gasteiger partial charge in [-0.15, -0.1) is 0 Å². The number of hydrogen-bond donors (Lipinski definition) is 2. The average Bonchev–Trinajstić information content (AvgIpc) is 2.75. The lowest BCUT2D eigenvalue weighted by Crippen LogP contribution is -2.38. The van der Waals surface area contributed by atoms with Gasteiger partial charge < -0.3 is 15.2 Å². The number of hydrogen-bond acceptors (Lipinski definition) is 2. The average molecular weight is 262 g/mol. The van der Waals surface area contributed by atoms with Crippen LogP contribution in [0.5, 0.6) is 0 Å². The van der Waals surface area contributed by atoms with E-state index in [1.165, 1.54) is 0 Å². The molecule has 0 radical (unpaired) electrons. The number of anilines is 1. The summed E-state index contributed by atoms with van der Waals surface area (Å²) in [5.74, 6) is -0.0886. The van der Waals surface area contributed by atoms with Crippen LogP contribution in [0.2, 0.25) is 5.02 Å². The molecule has 0 aliphatic carbocycles. The van der Waals surface area contributed by atoms with Crippen LogP contribution < -0.4 is 10.6 Å². The van der Waals surface area contributed by atoms with Crippen molar-refractivity contribution in [2.45, 2.75) is 6.17 Å². The van der Waals surface area contributed by atoms with E-state index < -0.39 is 0 Å².